The molecule has 0 aromatic carbocycles. The topological polar surface area (TPSA) is 63.6 Å². The maximum Gasteiger partial charge on any atom is 0.182 e. The molecule has 1 aliphatic rings. The van der Waals surface area contributed by atoms with E-state index in [-0.39, 0.29) is 0 Å². The molecular weight excluding hydrogens is 353 g/mol. The Bertz CT molecular complexity index is 583. The first-order valence-electron chi connectivity index (χ1n) is 6.37. The zero-order valence-corrected chi connectivity index (χ0v) is 12.8. The first-order valence-corrected chi connectivity index (χ1v) is 7.45. The number of halogens is 1. The highest BCUT2D eigenvalue weighted by Gasteiger charge is 2.29. The molecule has 5 nitrogen and oxygen atoms in total. The molecule has 6 heteroatoms. The van der Waals surface area contributed by atoms with E-state index >= 15 is 0 Å². The minimum atomic E-state index is 0.586. The molecule has 0 unspecified atom stereocenters. The highest BCUT2D eigenvalue weighted by molar-refractivity contribution is 14.1. The summed E-state index contributed by atoms with van der Waals surface area (Å²) in [5, 5.41) is 3.30. The molecule has 1 N–H and O–H groups in total. The lowest BCUT2D eigenvalue weighted by atomic mass is 10.2. The van der Waals surface area contributed by atoms with Gasteiger partial charge in [-0.25, -0.2) is 15.0 Å². The van der Waals surface area contributed by atoms with Crippen molar-refractivity contribution in [1.82, 2.24) is 19.9 Å². The molecule has 0 atom stereocenters. The molecule has 1 aliphatic carbocycles. The van der Waals surface area contributed by atoms with Crippen LogP contribution in [0, 0.1) is 3.57 Å². The highest BCUT2D eigenvalue weighted by atomic mass is 127. The van der Waals surface area contributed by atoms with Crippen LogP contribution in [-0.4, -0.2) is 26.5 Å². The Kier molecular flexibility index (Phi) is 3.58. The molecule has 2 heterocycles. The second-order valence-electron chi connectivity index (χ2n) is 4.49. The second kappa shape index (κ2) is 5.36. The van der Waals surface area contributed by atoms with Gasteiger partial charge in [0.25, 0.3) is 0 Å². The van der Waals surface area contributed by atoms with E-state index in [0.717, 1.165) is 27.3 Å². The fraction of sp³-hybridized carbons (Fsp3) is 0.385. The Morgan fingerprint density at radius 2 is 2.16 bits per heavy atom. The van der Waals surface area contributed by atoms with Gasteiger partial charge in [-0.1, -0.05) is 0 Å². The summed E-state index contributed by atoms with van der Waals surface area (Å²) in [6.45, 7) is 2.91. The molecule has 19 heavy (non-hydrogen) atoms. The standard InChI is InChI=1S/C13H14IN5/c1-2-16-13-10(14)11(8-3-4-8)18-12(19-13)9-7-15-5-6-17-9/h5-8H,2-4H2,1H3,(H,16,18,19). The zero-order chi connectivity index (χ0) is 13.2. The van der Waals surface area contributed by atoms with Gasteiger partial charge in [0.05, 0.1) is 15.5 Å². The SMILES string of the molecule is CCNc1nc(-c2cnccn2)nc(C2CC2)c1I. The van der Waals surface area contributed by atoms with Gasteiger partial charge in [-0.05, 0) is 42.4 Å². The van der Waals surface area contributed by atoms with E-state index in [0.29, 0.717) is 11.7 Å². The van der Waals surface area contributed by atoms with E-state index in [9.17, 15) is 0 Å². The van der Waals surface area contributed by atoms with Crippen LogP contribution in [0.4, 0.5) is 5.82 Å². The molecule has 2 aromatic heterocycles. The molecule has 0 bridgehead atoms. The van der Waals surface area contributed by atoms with Gasteiger partial charge in [-0.15, -0.1) is 0 Å². The van der Waals surface area contributed by atoms with Crippen LogP contribution in [0.2, 0.25) is 0 Å². The Morgan fingerprint density at radius 1 is 1.32 bits per heavy atom. The summed E-state index contributed by atoms with van der Waals surface area (Å²) >= 11 is 2.33. The van der Waals surface area contributed by atoms with Crippen LogP contribution in [0.5, 0.6) is 0 Å². The van der Waals surface area contributed by atoms with Crippen molar-refractivity contribution >= 4 is 28.4 Å². The Labute approximate surface area is 125 Å². The van der Waals surface area contributed by atoms with Gasteiger partial charge in [0.15, 0.2) is 5.82 Å². The third kappa shape index (κ3) is 2.68. The number of rotatable bonds is 4. The van der Waals surface area contributed by atoms with Crippen LogP contribution in [0.3, 0.4) is 0 Å². The summed E-state index contributed by atoms with van der Waals surface area (Å²) in [5.41, 5.74) is 1.87. The number of aromatic nitrogens is 4. The van der Waals surface area contributed by atoms with E-state index < -0.39 is 0 Å². The fourth-order valence-corrected chi connectivity index (χ4v) is 2.78. The summed E-state index contributed by atoms with van der Waals surface area (Å²) in [6.07, 6.45) is 7.47. The van der Waals surface area contributed by atoms with E-state index in [1.807, 2.05) is 0 Å². The van der Waals surface area contributed by atoms with E-state index in [1.54, 1.807) is 18.6 Å². The number of hydrogen-bond donors (Lipinski definition) is 1. The molecule has 2 aromatic rings. The number of nitrogens with zero attached hydrogens (tertiary/aromatic N) is 4. The van der Waals surface area contributed by atoms with Crippen LogP contribution in [0.15, 0.2) is 18.6 Å². The van der Waals surface area contributed by atoms with Crippen molar-refractivity contribution in [3.63, 3.8) is 0 Å². The summed E-state index contributed by atoms with van der Waals surface area (Å²) < 4.78 is 1.13. The van der Waals surface area contributed by atoms with Crippen LogP contribution in [0.25, 0.3) is 11.5 Å². The summed E-state index contributed by atoms with van der Waals surface area (Å²) in [6, 6.07) is 0. The molecular formula is C13H14IN5. The average molecular weight is 367 g/mol. The minimum absolute atomic E-state index is 0.586. The summed E-state index contributed by atoms with van der Waals surface area (Å²) in [4.78, 5) is 17.6. The minimum Gasteiger partial charge on any atom is -0.369 e. The van der Waals surface area contributed by atoms with E-state index in [2.05, 4.69) is 54.8 Å². The van der Waals surface area contributed by atoms with Crippen molar-refractivity contribution in [3.8, 4) is 11.5 Å². The lowest BCUT2D eigenvalue weighted by Gasteiger charge is -2.11. The van der Waals surface area contributed by atoms with Gasteiger partial charge in [-0.3, -0.25) is 4.98 Å². The normalized spacial score (nSPS) is 14.4. The maximum atomic E-state index is 4.69. The van der Waals surface area contributed by atoms with Gasteiger partial charge in [0.2, 0.25) is 0 Å². The Hall–Kier alpha value is -1.31. The van der Waals surface area contributed by atoms with Crippen molar-refractivity contribution in [1.29, 1.82) is 0 Å². The molecule has 0 radical (unpaired) electrons. The molecule has 0 spiro atoms. The maximum absolute atomic E-state index is 4.69. The number of hydrogen-bond acceptors (Lipinski definition) is 5. The Morgan fingerprint density at radius 3 is 2.79 bits per heavy atom. The molecule has 1 fully saturated rings. The summed E-state index contributed by atoms with van der Waals surface area (Å²) in [5.74, 6) is 2.15. The number of nitrogens with one attached hydrogen (secondary N) is 1. The average Bonchev–Trinajstić information content (AvgIpc) is 3.27. The predicted molar refractivity (Wildman–Crippen MR) is 81.9 cm³/mol. The lowest BCUT2D eigenvalue weighted by molar-refractivity contribution is 0.964. The fourth-order valence-electron chi connectivity index (χ4n) is 1.91. The van der Waals surface area contributed by atoms with Gasteiger partial charge < -0.3 is 5.32 Å². The van der Waals surface area contributed by atoms with Crippen molar-refractivity contribution in [2.24, 2.45) is 0 Å². The van der Waals surface area contributed by atoms with Gasteiger partial charge >= 0.3 is 0 Å². The highest BCUT2D eigenvalue weighted by Crippen LogP contribution is 2.42. The zero-order valence-electron chi connectivity index (χ0n) is 10.6. The predicted octanol–water partition coefficient (Wildman–Crippen LogP) is 2.85. The molecule has 98 valence electrons. The van der Waals surface area contributed by atoms with Crippen molar-refractivity contribution in [2.45, 2.75) is 25.7 Å². The van der Waals surface area contributed by atoms with Crippen molar-refractivity contribution in [2.75, 3.05) is 11.9 Å². The van der Waals surface area contributed by atoms with Gasteiger partial charge in [0, 0.05) is 24.9 Å². The lowest BCUT2D eigenvalue weighted by Crippen LogP contribution is -2.08. The second-order valence-corrected chi connectivity index (χ2v) is 5.57. The first kappa shape index (κ1) is 12.7. The van der Waals surface area contributed by atoms with E-state index in [4.69, 9.17) is 0 Å². The third-order valence-corrected chi connectivity index (χ3v) is 4.04. The van der Waals surface area contributed by atoms with Gasteiger partial charge in [-0.2, -0.15) is 0 Å². The molecule has 1 saturated carbocycles. The van der Waals surface area contributed by atoms with Crippen LogP contribution < -0.4 is 5.32 Å². The third-order valence-electron chi connectivity index (χ3n) is 2.98. The molecule has 3 rings (SSSR count). The monoisotopic (exact) mass is 367 g/mol. The van der Waals surface area contributed by atoms with Crippen LogP contribution in [0.1, 0.15) is 31.4 Å². The molecule has 0 saturated heterocycles. The largest absolute Gasteiger partial charge is 0.369 e. The quantitative estimate of drug-likeness (QED) is 0.842. The molecule has 0 amide bonds. The first-order chi connectivity index (χ1) is 9.29. The number of anilines is 1. The Balaban J connectivity index is 2.09. The van der Waals surface area contributed by atoms with Crippen molar-refractivity contribution < 1.29 is 0 Å². The van der Waals surface area contributed by atoms with E-state index in [1.165, 1.54) is 12.8 Å². The van der Waals surface area contributed by atoms with Crippen molar-refractivity contribution in [3.05, 3.63) is 27.9 Å². The summed E-state index contributed by atoms with van der Waals surface area (Å²) in [7, 11) is 0. The van der Waals surface area contributed by atoms with Crippen LogP contribution >= 0.6 is 22.6 Å². The van der Waals surface area contributed by atoms with Gasteiger partial charge in [0.1, 0.15) is 11.5 Å². The molecule has 0 aliphatic heterocycles. The smallest absolute Gasteiger partial charge is 0.182 e. The van der Waals surface area contributed by atoms with Crippen LogP contribution in [-0.2, 0) is 0 Å².